The highest BCUT2D eigenvalue weighted by Crippen LogP contribution is 2.10. The zero-order valence-electron chi connectivity index (χ0n) is 11.4. The molecule has 0 unspecified atom stereocenters. The minimum Gasteiger partial charge on any atom is -0.478 e. The number of aryl methyl sites for hydroxylation is 1. The Bertz CT molecular complexity index is 629. The van der Waals surface area contributed by atoms with Crippen LogP contribution in [-0.4, -0.2) is 16.8 Å². The molecule has 0 bridgehead atoms. The van der Waals surface area contributed by atoms with Crippen LogP contribution in [0, 0.1) is 6.92 Å². The van der Waals surface area contributed by atoms with E-state index in [1.165, 1.54) is 5.56 Å². The van der Waals surface area contributed by atoms with Gasteiger partial charge in [-0.05, 0) is 43.7 Å². The normalized spacial score (nSPS) is 11.2. The Balaban J connectivity index is 2.08. The lowest BCUT2D eigenvalue weighted by molar-refractivity contribution is 0.0697. The molecule has 0 aliphatic rings. The Morgan fingerprint density at radius 1 is 1.00 bits per heavy atom. The van der Waals surface area contributed by atoms with Crippen LogP contribution in [0.4, 0.5) is 5.69 Å². The summed E-state index contributed by atoms with van der Waals surface area (Å²) in [6, 6.07) is 14.6. The highest BCUT2D eigenvalue weighted by Gasteiger charge is 2.01. The number of carbonyl (C=O) groups is 1. The summed E-state index contributed by atoms with van der Waals surface area (Å²) in [6.45, 7) is 3.96. The quantitative estimate of drug-likeness (QED) is 0.658. The molecule has 4 heteroatoms. The van der Waals surface area contributed by atoms with Crippen molar-refractivity contribution in [1.82, 2.24) is 0 Å². The Morgan fingerprint density at radius 2 is 1.55 bits per heavy atom. The van der Waals surface area contributed by atoms with Crippen molar-refractivity contribution in [2.24, 2.45) is 5.10 Å². The number of carboxylic acids is 1. The van der Waals surface area contributed by atoms with Gasteiger partial charge in [-0.15, -0.1) is 0 Å². The second-order valence-electron chi connectivity index (χ2n) is 4.56. The van der Waals surface area contributed by atoms with E-state index in [4.69, 9.17) is 5.11 Å². The van der Waals surface area contributed by atoms with E-state index in [0.29, 0.717) is 0 Å². The first-order valence-electron chi connectivity index (χ1n) is 6.27. The molecule has 0 aliphatic carbocycles. The predicted octanol–water partition coefficient (Wildman–Crippen LogP) is 3.53. The Kier molecular flexibility index (Phi) is 4.15. The van der Waals surface area contributed by atoms with Crippen molar-refractivity contribution in [3.63, 3.8) is 0 Å². The monoisotopic (exact) mass is 268 g/mol. The van der Waals surface area contributed by atoms with Gasteiger partial charge in [-0.25, -0.2) is 4.79 Å². The molecule has 0 radical (unpaired) electrons. The van der Waals surface area contributed by atoms with Gasteiger partial charge in [0.2, 0.25) is 0 Å². The maximum absolute atomic E-state index is 10.7. The summed E-state index contributed by atoms with van der Waals surface area (Å²) in [5, 5.41) is 13.1. The molecule has 0 spiro atoms. The minimum atomic E-state index is -0.934. The van der Waals surface area contributed by atoms with E-state index in [1.54, 1.807) is 24.3 Å². The van der Waals surface area contributed by atoms with Crippen molar-refractivity contribution in [3.8, 4) is 0 Å². The van der Waals surface area contributed by atoms with Crippen molar-refractivity contribution in [2.75, 3.05) is 5.43 Å². The second-order valence-corrected chi connectivity index (χ2v) is 4.56. The van der Waals surface area contributed by atoms with Gasteiger partial charge in [0.05, 0.1) is 17.0 Å². The van der Waals surface area contributed by atoms with Crippen LogP contribution in [-0.2, 0) is 0 Å². The summed E-state index contributed by atoms with van der Waals surface area (Å²) in [5.74, 6) is -0.934. The smallest absolute Gasteiger partial charge is 0.335 e. The third kappa shape index (κ3) is 3.45. The number of aromatic carboxylic acids is 1. The van der Waals surface area contributed by atoms with Gasteiger partial charge in [0.1, 0.15) is 0 Å². The first kappa shape index (κ1) is 13.8. The van der Waals surface area contributed by atoms with Crippen LogP contribution < -0.4 is 5.43 Å². The van der Waals surface area contributed by atoms with E-state index in [0.717, 1.165) is 17.0 Å². The van der Waals surface area contributed by atoms with Crippen LogP contribution in [0.25, 0.3) is 0 Å². The molecular weight excluding hydrogens is 252 g/mol. The van der Waals surface area contributed by atoms with E-state index in [2.05, 4.69) is 10.5 Å². The number of benzene rings is 2. The van der Waals surface area contributed by atoms with Gasteiger partial charge in [-0.3, -0.25) is 5.43 Å². The van der Waals surface area contributed by atoms with E-state index in [-0.39, 0.29) is 5.56 Å². The molecule has 2 aromatic rings. The Morgan fingerprint density at radius 3 is 2.10 bits per heavy atom. The van der Waals surface area contributed by atoms with E-state index < -0.39 is 5.97 Å². The van der Waals surface area contributed by atoms with E-state index in [9.17, 15) is 4.79 Å². The summed E-state index contributed by atoms with van der Waals surface area (Å²) in [4.78, 5) is 10.7. The fourth-order valence-electron chi connectivity index (χ4n) is 1.70. The number of hydrogen-bond acceptors (Lipinski definition) is 3. The van der Waals surface area contributed by atoms with Gasteiger partial charge < -0.3 is 5.11 Å². The van der Waals surface area contributed by atoms with Gasteiger partial charge in [0, 0.05) is 0 Å². The molecule has 0 saturated heterocycles. The van der Waals surface area contributed by atoms with Crippen LogP contribution >= 0.6 is 0 Å². The predicted molar refractivity (Wildman–Crippen MR) is 80.4 cm³/mol. The SMILES string of the molecule is CC(=NNc1ccc(C(=O)O)cc1)c1ccc(C)cc1. The standard InChI is InChI=1S/C16H16N2O2/c1-11-3-5-13(6-4-11)12(2)17-18-15-9-7-14(8-10-15)16(19)20/h3-10,18H,1-2H3,(H,19,20). The molecule has 0 aliphatic heterocycles. The average molecular weight is 268 g/mol. The van der Waals surface area contributed by atoms with Crippen LogP contribution in [0.5, 0.6) is 0 Å². The summed E-state index contributed by atoms with van der Waals surface area (Å²) in [5.41, 5.74) is 7.05. The van der Waals surface area contributed by atoms with Gasteiger partial charge in [0.25, 0.3) is 0 Å². The molecule has 2 rings (SSSR count). The summed E-state index contributed by atoms with van der Waals surface area (Å²) in [7, 11) is 0. The maximum atomic E-state index is 10.7. The molecule has 102 valence electrons. The van der Waals surface area contributed by atoms with Gasteiger partial charge >= 0.3 is 5.97 Å². The molecule has 0 heterocycles. The van der Waals surface area contributed by atoms with Crippen molar-refractivity contribution in [1.29, 1.82) is 0 Å². The van der Waals surface area contributed by atoms with Crippen molar-refractivity contribution in [2.45, 2.75) is 13.8 Å². The van der Waals surface area contributed by atoms with Crippen molar-refractivity contribution in [3.05, 3.63) is 65.2 Å². The molecule has 4 nitrogen and oxygen atoms in total. The minimum absolute atomic E-state index is 0.259. The fourth-order valence-corrected chi connectivity index (χ4v) is 1.70. The number of anilines is 1. The molecule has 2 N–H and O–H groups in total. The molecule has 0 saturated carbocycles. The molecule has 0 amide bonds. The highest BCUT2D eigenvalue weighted by atomic mass is 16.4. The number of hydrazone groups is 1. The topological polar surface area (TPSA) is 61.7 Å². The molecule has 20 heavy (non-hydrogen) atoms. The molecule has 0 aromatic heterocycles. The number of rotatable bonds is 4. The first-order chi connectivity index (χ1) is 9.56. The second kappa shape index (κ2) is 6.02. The lowest BCUT2D eigenvalue weighted by Crippen LogP contribution is -2.00. The fraction of sp³-hybridized carbons (Fsp3) is 0.125. The van der Waals surface area contributed by atoms with Crippen molar-refractivity contribution >= 4 is 17.4 Å². The number of carboxylic acid groups (broad SMARTS) is 1. The number of nitrogens with one attached hydrogen (secondary N) is 1. The molecule has 2 aromatic carbocycles. The zero-order chi connectivity index (χ0) is 14.5. The van der Waals surface area contributed by atoms with Gasteiger partial charge in [-0.1, -0.05) is 29.8 Å². The summed E-state index contributed by atoms with van der Waals surface area (Å²) >= 11 is 0. The lowest BCUT2D eigenvalue weighted by Gasteiger charge is -2.04. The molecule has 0 fully saturated rings. The maximum Gasteiger partial charge on any atom is 0.335 e. The third-order valence-corrected chi connectivity index (χ3v) is 2.95. The largest absolute Gasteiger partial charge is 0.478 e. The average Bonchev–Trinajstić information content (AvgIpc) is 2.46. The number of nitrogens with zero attached hydrogens (tertiary/aromatic N) is 1. The van der Waals surface area contributed by atoms with Crippen LogP contribution in [0.3, 0.4) is 0 Å². The lowest BCUT2D eigenvalue weighted by atomic mass is 10.1. The molecule has 0 atom stereocenters. The van der Waals surface area contributed by atoms with Crippen molar-refractivity contribution < 1.29 is 9.90 Å². The molecular formula is C16H16N2O2. The summed E-state index contributed by atoms with van der Waals surface area (Å²) in [6.07, 6.45) is 0. The first-order valence-corrected chi connectivity index (χ1v) is 6.27. The van der Waals surface area contributed by atoms with Gasteiger partial charge in [-0.2, -0.15) is 5.10 Å². The van der Waals surface area contributed by atoms with E-state index >= 15 is 0 Å². The van der Waals surface area contributed by atoms with Crippen LogP contribution in [0.2, 0.25) is 0 Å². The Hall–Kier alpha value is -2.62. The zero-order valence-corrected chi connectivity index (χ0v) is 11.4. The van der Waals surface area contributed by atoms with E-state index in [1.807, 2.05) is 38.1 Å². The summed E-state index contributed by atoms with van der Waals surface area (Å²) < 4.78 is 0. The third-order valence-electron chi connectivity index (χ3n) is 2.95. The Labute approximate surface area is 117 Å². The van der Waals surface area contributed by atoms with Crippen LogP contribution in [0.1, 0.15) is 28.4 Å². The van der Waals surface area contributed by atoms with Gasteiger partial charge in [0.15, 0.2) is 0 Å². The van der Waals surface area contributed by atoms with Crippen LogP contribution in [0.15, 0.2) is 53.6 Å². The highest BCUT2D eigenvalue weighted by molar-refractivity contribution is 5.99. The number of hydrogen-bond donors (Lipinski definition) is 2.